The van der Waals surface area contributed by atoms with Crippen LogP contribution in [0.3, 0.4) is 0 Å². The lowest BCUT2D eigenvalue weighted by Crippen LogP contribution is -2.36. The number of phenolic OH excluding ortho intramolecular Hbond substituents is 1. The maximum atomic E-state index is 10.9. The van der Waals surface area contributed by atoms with Gasteiger partial charge in [0, 0.05) is 29.2 Å². The molecule has 1 heterocycles. The minimum Gasteiger partial charge on any atom is -0.507 e. The highest BCUT2D eigenvalue weighted by atomic mass is 16.6. The zero-order valence-corrected chi connectivity index (χ0v) is 19.7. The average Bonchev–Trinajstić information content (AvgIpc) is 3.16. The van der Waals surface area contributed by atoms with Gasteiger partial charge in [-0.1, -0.05) is 46.7 Å². The number of aryl methyl sites for hydroxylation is 1. The van der Waals surface area contributed by atoms with Gasteiger partial charge >= 0.3 is 0 Å². The predicted molar refractivity (Wildman–Crippen MR) is 121 cm³/mol. The third-order valence-corrected chi connectivity index (χ3v) is 5.02. The number of aliphatic hydroxyl groups excluding tert-OH is 2. The van der Waals surface area contributed by atoms with Crippen molar-refractivity contribution in [3.63, 3.8) is 0 Å². The fourth-order valence-corrected chi connectivity index (χ4v) is 3.24. The monoisotopic (exact) mass is 449 g/mol. The maximum Gasteiger partial charge on any atom is 0.213 e. The largest absolute Gasteiger partial charge is 0.507 e. The average molecular weight is 450 g/mol. The van der Waals surface area contributed by atoms with Crippen molar-refractivity contribution in [2.45, 2.75) is 77.9 Å². The van der Waals surface area contributed by atoms with Crippen molar-refractivity contribution in [1.29, 1.82) is 0 Å². The Labute approximate surface area is 188 Å². The molecule has 32 heavy (non-hydrogen) atoms. The summed E-state index contributed by atoms with van der Waals surface area (Å²) in [4.78, 5) is 10.1. The number of aliphatic hydroxyl groups is 2. The molecule has 2 rings (SSSR count). The first-order valence-electron chi connectivity index (χ1n) is 10.7. The van der Waals surface area contributed by atoms with Crippen molar-refractivity contribution in [2.75, 3.05) is 13.2 Å². The van der Waals surface area contributed by atoms with Gasteiger partial charge in [-0.2, -0.15) is 0 Å². The number of nitrogens with zero attached hydrogens (tertiary/aromatic N) is 2. The van der Waals surface area contributed by atoms with Crippen molar-refractivity contribution in [1.82, 2.24) is 10.5 Å². The summed E-state index contributed by atoms with van der Waals surface area (Å²) < 4.78 is 10.6. The maximum absolute atomic E-state index is 10.9. The minimum atomic E-state index is -1.43. The summed E-state index contributed by atoms with van der Waals surface area (Å²) >= 11 is 0. The summed E-state index contributed by atoms with van der Waals surface area (Å²) in [6.07, 6.45) is -1.62. The Morgan fingerprint density at radius 3 is 2.22 bits per heavy atom. The van der Waals surface area contributed by atoms with E-state index in [1.807, 2.05) is 18.2 Å². The minimum absolute atomic E-state index is 0.199. The zero-order valence-electron chi connectivity index (χ0n) is 19.7. The van der Waals surface area contributed by atoms with Crippen LogP contribution in [0.15, 0.2) is 27.9 Å². The summed E-state index contributed by atoms with van der Waals surface area (Å²) in [6, 6.07) is 5.78. The number of ether oxygens (including phenoxy) is 1. The van der Waals surface area contributed by atoms with Crippen molar-refractivity contribution < 1.29 is 24.6 Å². The Morgan fingerprint density at radius 2 is 1.69 bits per heavy atom. The van der Waals surface area contributed by atoms with Crippen LogP contribution in [-0.4, -0.2) is 46.3 Å². The van der Waals surface area contributed by atoms with Crippen LogP contribution in [0.5, 0.6) is 5.75 Å². The van der Waals surface area contributed by atoms with Gasteiger partial charge in [0.2, 0.25) is 6.41 Å². The van der Waals surface area contributed by atoms with E-state index in [4.69, 9.17) is 14.4 Å². The van der Waals surface area contributed by atoms with Crippen LogP contribution in [0, 0.1) is 4.91 Å². The van der Waals surface area contributed by atoms with Gasteiger partial charge in [-0.25, -0.2) is 0 Å². The van der Waals surface area contributed by atoms with Gasteiger partial charge < -0.3 is 24.6 Å². The summed E-state index contributed by atoms with van der Waals surface area (Å²) in [7, 11) is 0. The number of aromatic hydroxyl groups is 1. The van der Waals surface area contributed by atoms with Crippen molar-refractivity contribution in [2.24, 2.45) is 5.18 Å². The molecular weight excluding hydrogens is 414 g/mol. The van der Waals surface area contributed by atoms with Gasteiger partial charge in [0.25, 0.3) is 0 Å². The molecule has 0 fully saturated rings. The van der Waals surface area contributed by atoms with E-state index >= 15 is 0 Å². The predicted octanol–water partition coefficient (Wildman–Crippen LogP) is 3.54. The van der Waals surface area contributed by atoms with Crippen LogP contribution in [0.2, 0.25) is 0 Å². The molecule has 0 bridgehead atoms. The quantitative estimate of drug-likeness (QED) is 0.245. The summed E-state index contributed by atoms with van der Waals surface area (Å²) in [5, 5.41) is 38.6. The van der Waals surface area contributed by atoms with Crippen molar-refractivity contribution >= 4 is 0 Å². The molecule has 2 unspecified atom stereocenters. The van der Waals surface area contributed by atoms with E-state index in [-0.39, 0.29) is 24.0 Å². The van der Waals surface area contributed by atoms with Crippen LogP contribution in [0.1, 0.15) is 64.9 Å². The molecule has 1 aromatic carbocycles. The van der Waals surface area contributed by atoms with Crippen LogP contribution in [0.25, 0.3) is 11.3 Å². The molecule has 0 spiro atoms. The van der Waals surface area contributed by atoms with Gasteiger partial charge in [0.05, 0.1) is 13.2 Å². The topological polar surface area (TPSA) is 137 Å². The van der Waals surface area contributed by atoms with Gasteiger partial charge in [-0.3, -0.25) is 5.32 Å². The first-order valence-corrected chi connectivity index (χ1v) is 10.7. The third-order valence-electron chi connectivity index (χ3n) is 5.02. The molecule has 2 aromatic rings. The Balaban J connectivity index is 2.06. The number of nitrogens with one attached hydrogen (secondary N) is 1. The molecule has 0 aliphatic heterocycles. The zero-order chi connectivity index (χ0) is 24.1. The van der Waals surface area contributed by atoms with E-state index in [1.165, 1.54) is 0 Å². The Hall–Kier alpha value is -2.33. The SMILES string of the molecule is CC(C)(C)c1cc(-c2cc(CCCOC(O)NCC(O)N=O)on2)cc(C(C)(C)C)c1O. The molecule has 9 heteroatoms. The molecule has 0 aliphatic rings. The molecule has 0 saturated carbocycles. The lowest BCUT2D eigenvalue weighted by molar-refractivity contribution is -0.124. The van der Waals surface area contributed by atoms with E-state index < -0.39 is 12.6 Å². The Morgan fingerprint density at radius 1 is 1.09 bits per heavy atom. The van der Waals surface area contributed by atoms with Crippen LogP contribution in [-0.2, 0) is 22.0 Å². The first kappa shape index (κ1) is 25.9. The van der Waals surface area contributed by atoms with E-state index in [9.17, 15) is 15.1 Å². The highest BCUT2D eigenvalue weighted by molar-refractivity contribution is 5.66. The molecule has 4 N–H and O–H groups in total. The Kier molecular flexibility index (Phi) is 8.53. The standard InChI is InChI=1S/C23H35N3O6/c1-22(2,3)16-10-14(11-17(20(16)28)23(4,5)6)18-12-15(32-26-18)8-7-9-31-21(29)24-13-19(27)25-30/h10-12,19,21,24,27-29H,7-9,13H2,1-6H3. The molecular formula is C23H35N3O6. The second-order valence-corrected chi connectivity index (χ2v) is 9.92. The lowest BCUT2D eigenvalue weighted by Gasteiger charge is -2.28. The second kappa shape index (κ2) is 10.5. The Bertz CT molecular complexity index is 863. The number of nitroso groups, excluding NO2 is 1. The normalized spacial score (nSPS) is 14.4. The molecule has 0 radical (unpaired) electrons. The molecule has 178 valence electrons. The van der Waals surface area contributed by atoms with Crippen LogP contribution < -0.4 is 5.32 Å². The first-order chi connectivity index (χ1) is 14.8. The van der Waals surface area contributed by atoms with E-state index in [0.717, 1.165) is 16.7 Å². The molecule has 2 atom stereocenters. The highest BCUT2D eigenvalue weighted by Crippen LogP contribution is 2.41. The lowest BCUT2D eigenvalue weighted by atomic mass is 9.78. The third kappa shape index (κ3) is 7.09. The second-order valence-electron chi connectivity index (χ2n) is 9.92. The molecule has 1 aromatic heterocycles. The number of hydrogen-bond acceptors (Lipinski definition) is 9. The molecule has 0 saturated heterocycles. The van der Waals surface area contributed by atoms with Gasteiger partial charge in [0.1, 0.15) is 17.2 Å². The van der Waals surface area contributed by atoms with E-state index in [0.29, 0.717) is 30.0 Å². The van der Waals surface area contributed by atoms with Crippen molar-refractivity contribution in [3.05, 3.63) is 40.0 Å². The number of rotatable bonds is 10. The fourth-order valence-electron chi connectivity index (χ4n) is 3.24. The summed E-state index contributed by atoms with van der Waals surface area (Å²) in [5.41, 5.74) is 2.80. The molecule has 0 aliphatic carbocycles. The van der Waals surface area contributed by atoms with Gasteiger partial charge in [-0.15, -0.1) is 4.91 Å². The number of hydrogen-bond donors (Lipinski definition) is 4. The van der Waals surface area contributed by atoms with Gasteiger partial charge in [0.15, 0.2) is 6.23 Å². The summed E-state index contributed by atoms with van der Waals surface area (Å²) in [6.45, 7) is 12.4. The van der Waals surface area contributed by atoms with Crippen LogP contribution >= 0.6 is 0 Å². The van der Waals surface area contributed by atoms with E-state index in [2.05, 4.69) is 57.2 Å². The van der Waals surface area contributed by atoms with Crippen LogP contribution in [0.4, 0.5) is 0 Å². The number of phenols is 1. The summed E-state index contributed by atoms with van der Waals surface area (Å²) in [5.74, 6) is 0.993. The molecule has 9 nitrogen and oxygen atoms in total. The smallest absolute Gasteiger partial charge is 0.213 e. The van der Waals surface area contributed by atoms with Gasteiger partial charge in [-0.05, 0) is 34.6 Å². The molecule has 0 amide bonds. The van der Waals surface area contributed by atoms with E-state index in [1.54, 1.807) is 0 Å². The highest BCUT2D eigenvalue weighted by Gasteiger charge is 2.27. The number of aromatic nitrogens is 1. The van der Waals surface area contributed by atoms with Crippen molar-refractivity contribution in [3.8, 4) is 17.0 Å². The fraction of sp³-hybridized carbons (Fsp3) is 0.609. The number of benzene rings is 1.